The van der Waals surface area contributed by atoms with Gasteiger partial charge in [-0.15, -0.1) is 0 Å². The van der Waals surface area contributed by atoms with Gasteiger partial charge in [0, 0.05) is 0 Å². The zero-order valence-electron chi connectivity index (χ0n) is 11.3. The van der Waals surface area contributed by atoms with Crippen molar-refractivity contribution in [2.45, 2.75) is 34.1 Å². The van der Waals surface area contributed by atoms with E-state index in [2.05, 4.69) is 47.4 Å². The fourth-order valence-corrected chi connectivity index (χ4v) is 2.76. The highest BCUT2D eigenvalue weighted by molar-refractivity contribution is 5.94. The lowest BCUT2D eigenvalue weighted by Gasteiger charge is -2.29. The Kier molecular flexibility index (Phi) is 2.61. The van der Waals surface area contributed by atoms with Crippen LogP contribution >= 0.6 is 0 Å². The molecule has 0 saturated carbocycles. The van der Waals surface area contributed by atoms with Gasteiger partial charge < -0.3 is 0 Å². The number of hydrogen-bond donors (Lipinski definition) is 0. The number of allylic oxidation sites excluding steroid dienone is 3. The summed E-state index contributed by atoms with van der Waals surface area (Å²) < 4.78 is 0. The van der Waals surface area contributed by atoms with Crippen molar-refractivity contribution in [3.8, 4) is 0 Å². The predicted octanol–water partition coefficient (Wildman–Crippen LogP) is 4.91. The largest absolute Gasteiger partial charge is 0.0949 e. The molecular weight excluding hydrogens is 204 g/mol. The third-order valence-electron chi connectivity index (χ3n) is 4.20. The molecule has 0 aliphatic heterocycles. The average molecular weight is 224 g/mol. The molecule has 0 spiro atoms. The second kappa shape index (κ2) is 3.73. The van der Waals surface area contributed by atoms with Crippen LogP contribution < -0.4 is 0 Å². The fraction of sp³-hybridized carbons (Fsp3) is 0.294. The van der Waals surface area contributed by atoms with Gasteiger partial charge in [-0.1, -0.05) is 19.7 Å². The molecule has 0 heterocycles. The predicted molar refractivity (Wildman–Crippen MR) is 77.2 cm³/mol. The summed E-state index contributed by atoms with van der Waals surface area (Å²) in [6, 6.07) is 0. The van der Waals surface area contributed by atoms with Gasteiger partial charge in [-0.3, -0.25) is 0 Å². The molecule has 0 heteroatoms. The third-order valence-corrected chi connectivity index (χ3v) is 4.20. The minimum atomic E-state index is 0.856. The van der Waals surface area contributed by atoms with Crippen molar-refractivity contribution in [2.75, 3.05) is 0 Å². The first-order chi connectivity index (χ1) is 7.86. The fourth-order valence-electron chi connectivity index (χ4n) is 2.76. The number of benzene rings is 1. The quantitative estimate of drug-likeness (QED) is 0.587. The standard InChI is InChI=1S/C17H20/c1-9-8-10(2)16-14(6)12(4)13(5)15(7)17(16)11(9)3/h1-3,8H2,4-7H3. The molecule has 0 amide bonds. The summed E-state index contributed by atoms with van der Waals surface area (Å²) in [5.41, 5.74) is 11.4. The van der Waals surface area contributed by atoms with Crippen molar-refractivity contribution in [1.82, 2.24) is 0 Å². The van der Waals surface area contributed by atoms with E-state index >= 15 is 0 Å². The first kappa shape index (κ1) is 11.9. The van der Waals surface area contributed by atoms with Crippen LogP contribution in [0.3, 0.4) is 0 Å². The minimum absolute atomic E-state index is 0.856. The van der Waals surface area contributed by atoms with Crippen molar-refractivity contribution < 1.29 is 0 Å². The van der Waals surface area contributed by atoms with Gasteiger partial charge in [-0.05, 0) is 84.2 Å². The van der Waals surface area contributed by atoms with E-state index in [1.807, 2.05) is 0 Å². The maximum absolute atomic E-state index is 4.21. The van der Waals surface area contributed by atoms with Gasteiger partial charge >= 0.3 is 0 Å². The molecule has 1 aromatic rings. The zero-order chi connectivity index (χ0) is 12.9. The summed E-state index contributed by atoms with van der Waals surface area (Å²) in [6.07, 6.45) is 0.856. The molecule has 1 aliphatic rings. The van der Waals surface area contributed by atoms with Gasteiger partial charge in [0.25, 0.3) is 0 Å². The minimum Gasteiger partial charge on any atom is -0.0949 e. The third kappa shape index (κ3) is 1.51. The van der Waals surface area contributed by atoms with Crippen molar-refractivity contribution in [2.24, 2.45) is 0 Å². The Labute approximate surface area is 104 Å². The Morgan fingerprint density at radius 1 is 0.647 bits per heavy atom. The van der Waals surface area contributed by atoms with Crippen LogP contribution in [-0.2, 0) is 0 Å². The number of rotatable bonds is 0. The molecule has 0 saturated heterocycles. The monoisotopic (exact) mass is 224 g/mol. The first-order valence-electron chi connectivity index (χ1n) is 6.02. The first-order valence-corrected chi connectivity index (χ1v) is 6.02. The van der Waals surface area contributed by atoms with Gasteiger partial charge in [0.2, 0.25) is 0 Å². The molecule has 0 unspecified atom stereocenters. The van der Waals surface area contributed by atoms with E-state index in [1.54, 1.807) is 0 Å². The molecule has 0 radical (unpaired) electrons. The Morgan fingerprint density at radius 2 is 1.12 bits per heavy atom. The highest BCUT2D eigenvalue weighted by Crippen LogP contribution is 2.43. The van der Waals surface area contributed by atoms with Crippen LogP contribution in [-0.4, -0.2) is 0 Å². The SMILES string of the molecule is C=C1CC(=C)c2c(C)c(C)c(C)c(C)c2C1=C. The van der Waals surface area contributed by atoms with Crippen LogP contribution in [0.25, 0.3) is 11.1 Å². The normalized spacial score (nSPS) is 15.2. The summed E-state index contributed by atoms with van der Waals surface area (Å²) >= 11 is 0. The molecule has 2 rings (SSSR count). The van der Waals surface area contributed by atoms with E-state index < -0.39 is 0 Å². The van der Waals surface area contributed by atoms with Gasteiger partial charge in [-0.2, -0.15) is 0 Å². The van der Waals surface area contributed by atoms with Crippen molar-refractivity contribution in [1.29, 1.82) is 0 Å². The maximum atomic E-state index is 4.21. The lowest BCUT2D eigenvalue weighted by atomic mass is 9.75. The van der Waals surface area contributed by atoms with E-state index in [9.17, 15) is 0 Å². The summed E-state index contributed by atoms with van der Waals surface area (Å²) in [5, 5.41) is 0. The van der Waals surface area contributed by atoms with Crippen LogP contribution in [0.4, 0.5) is 0 Å². The molecule has 0 bridgehead atoms. The molecule has 0 aromatic heterocycles. The van der Waals surface area contributed by atoms with Crippen molar-refractivity contribution >= 4 is 11.1 Å². The van der Waals surface area contributed by atoms with Crippen molar-refractivity contribution in [3.05, 3.63) is 58.7 Å². The highest BCUT2D eigenvalue weighted by Gasteiger charge is 2.24. The molecule has 1 aromatic carbocycles. The van der Waals surface area contributed by atoms with Gasteiger partial charge in [0.05, 0.1) is 0 Å². The molecular formula is C17H20. The van der Waals surface area contributed by atoms with E-state index in [4.69, 9.17) is 0 Å². The Balaban J connectivity index is 2.93. The van der Waals surface area contributed by atoms with E-state index in [-0.39, 0.29) is 0 Å². The summed E-state index contributed by atoms with van der Waals surface area (Å²) in [7, 11) is 0. The average Bonchev–Trinajstić information content (AvgIpc) is 2.28. The molecule has 88 valence electrons. The van der Waals surface area contributed by atoms with Crippen LogP contribution in [0.2, 0.25) is 0 Å². The molecule has 0 nitrogen and oxygen atoms in total. The zero-order valence-corrected chi connectivity index (χ0v) is 11.3. The van der Waals surface area contributed by atoms with Crippen LogP contribution in [0, 0.1) is 27.7 Å². The maximum Gasteiger partial charge on any atom is -0.00253 e. The van der Waals surface area contributed by atoms with Crippen LogP contribution in [0.5, 0.6) is 0 Å². The van der Waals surface area contributed by atoms with Crippen molar-refractivity contribution in [3.63, 3.8) is 0 Å². The Morgan fingerprint density at radius 3 is 1.65 bits per heavy atom. The van der Waals surface area contributed by atoms with Crippen LogP contribution in [0.15, 0.2) is 25.3 Å². The topological polar surface area (TPSA) is 0 Å². The second-order valence-corrected chi connectivity index (χ2v) is 5.11. The van der Waals surface area contributed by atoms with Gasteiger partial charge in [0.1, 0.15) is 0 Å². The van der Waals surface area contributed by atoms with Gasteiger partial charge in [0.15, 0.2) is 0 Å². The van der Waals surface area contributed by atoms with E-state index in [0.717, 1.165) is 17.6 Å². The van der Waals surface area contributed by atoms with Gasteiger partial charge in [-0.25, -0.2) is 0 Å². The summed E-state index contributed by atoms with van der Waals surface area (Å²) in [4.78, 5) is 0. The molecule has 0 atom stereocenters. The molecule has 17 heavy (non-hydrogen) atoms. The Hall–Kier alpha value is -1.56. The summed E-state index contributed by atoms with van der Waals surface area (Å²) in [5.74, 6) is 0. The lowest BCUT2D eigenvalue weighted by Crippen LogP contribution is -2.09. The molecule has 0 fully saturated rings. The smallest absolute Gasteiger partial charge is 0.00253 e. The van der Waals surface area contributed by atoms with E-state index in [0.29, 0.717) is 0 Å². The Bertz CT molecular complexity index is 568. The number of fused-ring (bicyclic) bond motifs is 1. The molecule has 1 aliphatic carbocycles. The highest BCUT2D eigenvalue weighted by atomic mass is 14.3. The molecule has 0 N–H and O–H groups in total. The lowest BCUT2D eigenvalue weighted by molar-refractivity contribution is 1.15. The van der Waals surface area contributed by atoms with Crippen LogP contribution in [0.1, 0.15) is 39.8 Å². The number of hydrogen-bond acceptors (Lipinski definition) is 0. The summed E-state index contributed by atoms with van der Waals surface area (Å²) in [6.45, 7) is 21.3. The second-order valence-electron chi connectivity index (χ2n) is 5.11. The van der Waals surface area contributed by atoms with E-state index in [1.165, 1.54) is 39.0 Å².